The maximum absolute atomic E-state index is 14.9. The van der Waals surface area contributed by atoms with Crippen LogP contribution in [-0.4, -0.2) is 47.6 Å². The lowest BCUT2D eigenvalue weighted by molar-refractivity contribution is 0.271. The van der Waals surface area contributed by atoms with E-state index in [4.69, 9.17) is 4.74 Å². The third-order valence-corrected chi connectivity index (χ3v) is 6.75. The third-order valence-electron chi connectivity index (χ3n) is 6.03. The van der Waals surface area contributed by atoms with Gasteiger partial charge < -0.3 is 25.2 Å². The van der Waals surface area contributed by atoms with E-state index in [-0.39, 0.29) is 22.9 Å². The van der Waals surface area contributed by atoms with Gasteiger partial charge in [-0.1, -0.05) is 13.5 Å². The van der Waals surface area contributed by atoms with E-state index in [1.807, 2.05) is 12.1 Å². The lowest BCUT2D eigenvalue weighted by Gasteiger charge is -2.35. The molecule has 36 heavy (non-hydrogen) atoms. The van der Waals surface area contributed by atoms with Gasteiger partial charge in [0.1, 0.15) is 10.8 Å². The van der Waals surface area contributed by atoms with E-state index in [1.54, 1.807) is 6.92 Å². The summed E-state index contributed by atoms with van der Waals surface area (Å²) in [7, 11) is 0. The summed E-state index contributed by atoms with van der Waals surface area (Å²) in [6.45, 7) is 14.2. The Bertz CT molecular complexity index is 1250. The van der Waals surface area contributed by atoms with E-state index >= 15 is 0 Å². The highest BCUT2D eigenvalue weighted by molar-refractivity contribution is 9.10. The summed E-state index contributed by atoms with van der Waals surface area (Å²) in [4.78, 5) is 13.2. The number of piperazine rings is 1. The van der Waals surface area contributed by atoms with E-state index in [2.05, 4.69) is 72.0 Å². The average Bonchev–Trinajstić information content (AvgIpc) is 2.87. The molecule has 1 fully saturated rings. The second-order valence-electron chi connectivity index (χ2n) is 8.61. The van der Waals surface area contributed by atoms with Crippen LogP contribution in [0, 0.1) is 18.6 Å². The normalized spacial score (nSPS) is 14.0. The fraction of sp³-hybridized carbons (Fsp3) is 0.308. The lowest BCUT2D eigenvalue weighted by atomic mass is 10.1. The summed E-state index contributed by atoms with van der Waals surface area (Å²) in [6, 6.07) is 9.06. The summed E-state index contributed by atoms with van der Waals surface area (Å²) in [6.07, 6.45) is 1.29. The van der Waals surface area contributed by atoms with E-state index in [0.29, 0.717) is 16.0 Å². The largest absolute Gasteiger partial charge is 0.434 e. The molecule has 4 rings (SSSR count). The number of benzene rings is 2. The van der Waals surface area contributed by atoms with Crippen molar-refractivity contribution in [3.8, 4) is 11.6 Å². The van der Waals surface area contributed by atoms with Gasteiger partial charge in [0.2, 0.25) is 5.88 Å². The van der Waals surface area contributed by atoms with E-state index in [1.165, 1.54) is 18.9 Å². The molecule has 190 valence electrons. The molecular formula is C26H29BrF2N6O. The predicted octanol–water partition coefficient (Wildman–Crippen LogP) is 6.45. The molecule has 2 aromatic carbocycles. The van der Waals surface area contributed by atoms with Crippen molar-refractivity contribution in [1.29, 1.82) is 0 Å². The van der Waals surface area contributed by atoms with Crippen molar-refractivity contribution >= 4 is 38.8 Å². The standard InChI is InChI=1S/C26H29BrF2N6O/c1-5-34-10-12-35(13-11-34)19-8-6-18(7-9-19)33-25-22(27)26(31-15-30-25)36-21-14-20(28)24(32-16(2)3)17(4)23(21)29/h6-9,14-15,32H,2,5,10-13H2,1,3-4H3,(H,30,31,33). The Morgan fingerprint density at radius 3 is 2.47 bits per heavy atom. The number of anilines is 4. The van der Waals surface area contributed by atoms with Gasteiger partial charge in [-0.2, -0.15) is 0 Å². The van der Waals surface area contributed by atoms with Gasteiger partial charge in [0.05, 0.1) is 5.69 Å². The first-order valence-electron chi connectivity index (χ1n) is 11.7. The molecule has 0 unspecified atom stereocenters. The first kappa shape index (κ1) is 25.8. The van der Waals surface area contributed by atoms with Crippen molar-refractivity contribution in [2.24, 2.45) is 0 Å². The molecule has 10 heteroatoms. The molecule has 0 amide bonds. The molecule has 1 aliphatic rings. The van der Waals surface area contributed by atoms with Crippen molar-refractivity contribution in [1.82, 2.24) is 14.9 Å². The Balaban J connectivity index is 1.49. The molecule has 0 spiro atoms. The zero-order valence-corrected chi connectivity index (χ0v) is 22.1. The highest BCUT2D eigenvalue weighted by Crippen LogP contribution is 2.37. The van der Waals surface area contributed by atoms with Crippen LogP contribution < -0.4 is 20.3 Å². The second kappa shape index (κ2) is 11.2. The zero-order chi connectivity index (χ0) is 25.8. The van der Waals surface area contributed by atoms with Gasteiger partial charge in [0.15, 0.2) is 23.2 Å². The van der Waals surface area contributed by atoms with Crippen LogP contribution in [0.15, 0.2) is 53.4 Å². The Kier molecular flexibility index (Phi) is 8.05. The molecule has 1 aliphatic heterocycles. The molecule has 0 atom stereocenters. The number of hydrogen-bond acceptors (Lipinski definition) is 7. The minimum absolute atomic E-state index is 0.0205. The Hall–Kier alpha value is -3.24. The van der Waals surface area contributed by atoms with E-state index in [9.17, 15) is 8.78 Å². The monoisotopic (exact) mass is 558 g/mol. The Morgan fingerprint density at radius 2 is 1.83 bits per heavy atom. The van der Waals surface area contributed by atoms with Crippen molar-refractivity contribution in [3.05, 3.63) is 70.6 Å². The van der Waals surface area contributed by atoms with Crippen LogP contribution in [0.2, 0.25) is 0 Å². The molecule has 0 aliphatic carbocycles. The number of likely N-dealkylation sites (N-methyl/N-ethyl adjacent to an activating group) is 1. The average molecular weight is 559 g/mol. The Labute approximate surface area is 218 Å². The predicted molar refractivity (Wildman–Crippen MR) is 143 cm³/mol. The van der Waals surface area contributed by atoms with Crippen molar-refractivity contribution in [2.75, 3.05) is 48.3 Å². The third kappa shape index (κ3) is 5.76. The van der Waals surface area contributed by atoms with Gasteiger partial charge in [0.25, 0.3) is 0 Å². The minimum atomic E-state index is -0.699. The van der Waals surface area contributed by atoms with Crippen LogP contribution in [-0.2, 0) is 0 Å². The molecule has 2 N–H and O–H groups in total. The fourth-order valence-corrected chi connectivity index (χ4v) is 4.38. The highest BCUT2D eigenvalue weighted by Gasteiger charge is 2.20. The van der Waals surface area contributed by atoms with Crippen LogP contribution in [0.25, 0.3) is 0 Å². The van der Waals surface area contributed by atoms with Crippen LogP contribution in [0.4, 0.5) is 31.7 Å². The van der Waals surface area contributed by atoms with Gasteiger partial charge in [0, 0.05) is 54.9 Å². The summed E-state index contributed by atoms with van der Waals surface area (Å²) in [5.41, 5.74) is 2.57. The molecule has 1 saturated heterocycles. The zero-order valence-electron chi connectivity index (χ0n) is 20.5. The van der Waals surface area contributed by atoms with Crippen molar-refractivity contribution in [3.63, 3.8) is 0 Å². The number of rotatable bonds is 8. The highest BCUT2D eigenvalue weighted by atomic mass is 79.9. The molecule has 3 aromatic rings. The summed E-state index contributed by atoms with van der Waals surface area (Å²) < 4.78 is 35.6. The van der Waals surface area contributed by atoms with Gasteiger partial charge in [-0.05, 0) is 60.6 Å². The Morgan fingerprint density at radius 1 is 1.14 bits per heavy atom. The molecule has 0 saturated carbocycles. The minimum Gasteiger partial charge on any atom is -0.434 e. The van der Waals surface area contributed by atoms with Gasteiger partial charge in [-0.25, -0.2) is 18.7 Å². The lowest BCUT2D eigenvalue weighted by Crippen LogP contribution is -2.46. The fourth-order valence-electron chi connectivity index (χ4n) is 4.00. The number of nitrogens with one attached hydrogen (secondary N) is 2. The number of allylic oxidation sites excluding steroid dienone is 1. The smallest absolute Gasteiger partial charge is 0.239 e. The van der Waals surface area contributed by atoms with Gasteiger partial charge in [-0.3, -0.25) is 0 Å². The van der Waals surface area contributed by atoms with Crippen molar-refractivity contribution < 1.29 is 13.5 Å². The quantitative estimate of drug-likeness (QED) is 0.329. The number of aromatic nitrogens is 2. The SMILES string of the molecule is C=C(C)Nc1c(F)cc(Oc2ncnc(Nc3ccc(N4CCN(CC)CC4)cc3)c2Br)c(F)c1C. The molecule has 2 heterocycles. The van der Waals surface area contributed by atoms with Gasteiger partial charge in [-0.15, -0.1) is 0 Å². The van der Waals surface area contributed by atoms with Crippen LogP contribution >= 0.6 is 15.9 Å². The first-order valence-corrected chi connectivity index (χ1v) is 12.5. The molecule has 1 aromatic heterocycles. The molecular weight excluding hydrogens is 530 g/mol. The van der Waals surface area contributed by atoms with Crippen LogP contribution in [0.5, 0.6) is 11.6 Å². The summed E-state index contributed by atoms with van der Waals surface area (Å²) in [5.74, 6) is -1.16. The number of nitrogens with zero attached hydrogens (tertiary/aromatic N) is 4. The molecule has 0 bridgehead atoms. The van der Waals surface area contributed by atoms with E-state index in [0.717, 1.165) is 44.5 Å². The van der Waals surface area contributed by atoms with Crippen LogP contribution in [0.1, 0.15) is 19.4 Å². The van der Waals surface area contributed by atoms with E-state index < -0.39 is 11.6 Å². The van der Waals surface area contributed by atoms with Gasteiger partial charge >= 0.3 is 0 Å². The van der Waals surface area contributed by atoms with Crippen LogP contribution in [0.3, 0.4) is 0 Å². The summed E-state index contributed by atoms with van der Waals surface area (Å²) in [5, 5.41) is 5.96. The maximum Gasteiger partial charge on any atom is 0.239 e. The number of halogens is 3. The second-order valence-corrected chi connectivity index (χ2v) is 9.41. The molecule has 0 radical (unpaired) electrons. The first-order chi connectivity index (χ1) is 17.3. The number of ether oxygens (including phenoxy) is 1. The number of hydrogen-bond donors (Lipinski definition) is 2. The maximum atomic E-state index is 14.9. The topological polar surface area (TPSA) is 65.5 Å². The molecule has 7 nitrogen and oxygen atoms in total. The van der Waals surface area contributed by atoms with Crippen molar-refractivity contribution in [2.45, 2.75) is 20.8 Å². The summed E-state index contributed by atoms with van der Waals surface area (Å²) >= 11 is 3.43.